The molecule has 2 aliphatic rings. The van der Waals surface area contributed by atoms with Gasteiger partial charge >= 0.3 is 0 Å². The normalized spacial score (nSPS) is 19.1. The minimum absolute atomic E-state index is 0.0250. The van der Waals surface area contributed by atoms with Crippen molar-refractivity contribution in [3.8, 4) is 0 Å². The zero-order valence-electron chi connectivity index (χ0n) is 15.9. The van der Waals surface area contributed by atoms with Crippen LogP contribution in [0.4, 0.5) is 0 Å². The van der Waals surface area contributed by atoms with Gasteiger partial charge in [0.25, 0.3) is 11.5 Å². The maximum atomic E-state index is 13.2. The molecule has 0 unspecified atom stereocenters. The molecule has 2 aromatic heterocycles. The second-order valence-corrected chi connectivity index (χ2v) is 7.80. The number of imidazole rings is 1. The standard InChI is InChI=1S/C21H23N5O2/c1-25-9-6-17-18(24-13-23-17)21(25)7-10-26(11-8-21)20(28)16-12-22-19(27)15-5-3-2-4-14(15)16/h2-5,12-13H,6-11H2,1H3,(H,22,27)(H,23,24). The van der Waals surface area contributed by atoms with E-state index in [0.29, 0.717) is 29.4 Å². The SMILES string of the molecule is CN1CCc2[nH]cnc2C12CCN(C(=O)c1c[nH]c(=O)c3ccccc13)CC2. The van der Waals surface area contributed by atoms with Crippen molar-refractivity contribution in [2.45, 2.75) is 24.8 Å². The van der Waals surface area contributed by atoms with E-state index in [1.54, 1.807) is 18.6 Å². The smallest absolute Gasteiger partial charge is 0.255 e. The summed E-state index contributed by atoms with van der Waals surface area (Å²) in [7, 11) is 2.16. The summed E-state index contributed by atoms with van der Waals surface area (Å²) in [6, 6.07) is 7.27. The average Bonchev–Trinajstić information content (AvgIpc) is 3.22. The summed E-state index contributed by atoms with van der Waals surface area (Å²) in [6.07, 6.45) is 6.04. The zero-order valence-corrected chi connectivity index (χ0v) is 15.9. The number of carbonyl (C=O) groups is 1. The summed E-state index contributed by atoms with van der Waals surface area (Å²) in [4.78, 5) is 40.2. The number of likely N-dealkylation sites (N-methyl/N-ethyl adjacent to an activating group) is 1. The first-order valence-corrected chi connectivity index (χ1v) is 9.74. The van der Waals surface area contributed by atoms with Gasteiger partial charge < -0.3 is 14.9 Å². The second kappa shape index (κ2) is 6.31. The number of nitrogens with one attached hydrogen (secondary N) is 2. The molecule has 1 aromatic carbocycles. The Morgan fingerprint density at radius 1 is 1.11 bits per heavy atom. The van der Waals surface area contributed by atoms with E-state index in [4.69, 9.17) is 0 Å². The lowest BCUT2D eigenvalue weighted by molar-refractivity contribution is 0.0226. The van der Waals surface area contributed by atoms with Gasteiger partial charge in [-0.25, -0.2) is 4.98 Å². The highest BCUT2D eigenvalue weighted by molar-refractivity contribution is 6.06. The minimum Gasteiger partial charge on any atom is -0.348 e. The van der Waals surface area contributed by atoms with Crippen molar-refractivity contribution in [2.24, 2.45) is 0 Å². The molecule has 0 atom stereocenters. The van der Waals surface area contributed by atoms with Crippen LogP contribution in [-0.2, 0) is 12.0 Å². The Morgan fingerprint density at radius 3 is 2.64 bits per heavy atom. The van der Waals surface area contributed by atoms with Crippen molar-refractivity contribution in [1.82, 2.24) is 24.8 Å². The van der Waals surface area contributed by atoms with Crippen LogP contribution in [0.5, 0.6) is 0 Å². The number of hydrogen-bond acceptors (Lipinski definition) is 4. The molecule has 1 amide bonds. The van der Waals surface area contributed by atoms with Gasteiger partial charge in [0.05, 0.1) is 23.1 Å². The Hall–Kier alpha value is -2.93. The topological polar surface area (TPSA) is 85.1 Å². The Morgan fingerprint density at radius 2 is 1.86 bits per heavy atom. The molecule has 1 spiro atoms. The first kappa shape index (κ1) is 17.2. The molecule has 0 aliphatic carbocycles. The number of H-pyrrole nitrogens is 2. The number of hydrogen-bond donors (Lipinski definition) is 2. The molecule has 7 nitrogen and oxygen atoms in total. The summed E-state index contributed by atoms with van der Waals surface area (Å²) in [6.45, 7) is 2.33. The third kappa shape index (κ3) is 2.43. The van der Waals surface area contributed by atoms with E-state index in [1.165, 1.54) is 5.69 Å². The number of likely N-dealkylation sites (tertiary alicyclic amines) is 1. The zero-order chi connectivity index (χ0) is 19.3. The van der Waals surface area contributed by atoms with Crippen molar-refractivity contribution in [2.75, 3.05) is 26.7 Å². The molecular formula is C21H23N5O2. The number of pyridine rings is 1. The number of nitrogens with zero attached hydrogens (tertiary/aromatic N) is 3. The van der Waals surface area contributed by atoms with Gasteiger partial charge in [-0.15, -0.1) is 0 Å². The highest BCUT2D eigenvalue weighted by atomic mass is 16.2. The molecule has 2 N–H and O–H groups in total. The monoisotopic (exact) mass is 377 g/mol. The fraction of sp³-hybridized carbons (Fsp3) is 0.381. The van der Waals surface area contributed by atoms with Crippen LogP contribution >= 0.6 is 0 Å². The fourth-order valence-corrected chi connectivity index (χ4v) is 4.84. The number of benzene rings is 1. The number of rotatable bonds is 1. The lowest BCUT2D eigenvalue weighted by Gasteiger charge is -2.49. The third-order valence-corrected chi connectivity index (χ3v) is 6.50. The van der Waals surface area contributed by atoms with Crippen molar-refractivity contribution in [3.63, 3.8) is 0 Å². The molecule has 7 heteroatoms. The Bertz CT molecular complexity index is 1110. The predicted molar refractivity (Wildman–Crippen MR) is 106 cm³/mol. The highest BCUT2D eigenvalue weighted by Gasteiger charge is 2.45. The van der Waals surface area contributed by atoms with Crippen molar-refractivity contribution < 1.29 is 4.79 Å². The molecule has 2 aliphatic heterocycles. The Balaban J connectivity index is 1.44. The molecule has 4 heterocycles. The van der Waals surface area contributed by atoms with Crippen LogP contribution in [0, 0.1) is 0 Å². The molecule has 0 bridgehead atoms. The van der Waals surface area contributed by atoms with Crippen LogP contribution in [0.3, 0.4) is 0 Å². The molecule has 28 heavy (non-hydrogen) atoms. The number of amides is 1. The highest BCUT2D eigenvalue weighted by Crippen LogP contribution is 2.41. The number of carbonyl (C=O) groups excluding carboxylic acids is 1. The molecule has 1 fully saturated rings. The quantitative estimate of drug-likeness (QED) is 0.678. The molecule has 0 radical (unpaired) electrons. The van der Waals surface area contributed by atoms with Crippen LogP contribution in [0.1, 0.15) is 34.6 Å². The van der Waals surface area contributed by atoms with Gasteiger partial charge in [-0.05, 0) is 26.0 Å². The molecule has 3 aromatic rings. The summed E-state index contributed by atoms with van der Waals surface area (Å²) >= 11 is 0. The molecular weight excluding hydrogens is 354 g/mol. The summed E-state index contributed by atoms with van der Waals surface area (Å²) in [5.41, 5.74) is 2.66. The van der Waals surface area contributed by atoms with E-state index in [-0.39, 0.29) is 17.0 Å². The lowest BCUT2D eigenvalue weighted by atomic mass is 9.79. The van der Waals surface area contributed by atoms with Gasteiger partial charge in [-0.1, -0.05) is 18.2 Å². The van der Waals surface area contributed by atoms with Gasteiger partial charge in [0, 0.05) is 48.7 Å². The largest absolute Gasteiger partial charge is 0.348 e. The van der Waals surface area contributed by atoms with E-state index in [9.17, 15) is 9.59 Å². The second-order valence-electron chi connectivity index (χ2n) is 7.80. The van der Waals surface area contributed by atoms with Crippen LogP contribution in [-0.4, -0.2) is 57.3 Å². The van der Waals surface area contributed by atoms with Gasteiger partial charge in [0.2, 0.25) is 0 Å². The van der Waals surface area contributed by atoms with Crippen molar-refractivity contribution in [1.29, 1.82) is 0 Å². The summed E-state index contributed by atoms with van der Waals surface area (Å²) < 4.78 is 0. The molecule has 0 saturated carbocycles. The molecule has 144 valence electrons. The van der Waals surface area contributed by atoms with Gasteiger partial charge in [-0.3, -0.25) is 14.5 Å². The first-order chi connectivity index (χ1) is 13.6. The average molecular weight is 377 g/mol. The van der Waals surface area contributed by atoms with Gasteiger partial charge in [0.1, 0.15) is 0 Å². The maximum absolute atomic E-state index is 13.2. The molecule has 1 saturated heterocycles. The van der Waals surface area contributed by atoms with E-state index in [1.807, 2.05) is 23.1 Å². The number of aromatic amines is 2. The summed E-state index contributed by atoms with van der Waals surface area (Å²) in [5, 5.41) is 1.26. The van der Waals surface area contributed by atoms with Crippen molar-refractivity contribution in [3.05, 3.63) is 64.1 Å². The van der Waals surface area contributed by atoms with E-state index in [0.717, 1.165) is 31.5 Å². The minimum atomic E-state index is -0.167. The van der Waals surface area contributed by atoms with Gasteiger partial charge in [0.15, 0.2) is 0 Å². The van der Waals surface area contributed by atoms with Crippen molar-refractivity contribution >= 4 is 16.7 Å². The van der Waals surface area contributed by atoms with Crippen LogP contribution in [0.2, 0.25) is 0 Å². The number of piperidine rings is 1. The fourth-order valence-electron chi connectivity index (χ4n) is 4.84. The van der Waals surface area contributed by atoms with E-state index < -0.39 is 0 Å². The van der Waals surface area contributed by atoms with Gasteiger partial charge in [-0.2, -0.15) is 0 Å². The molecule has 5 rings (SSSR count). The van der Waals surface area contributed by atoms with E-state index >= 15 is 0 Å². The Labute approximate surface area is 162 Å². The Kier molecular flexibility index (Phi) is 3.87. The first-order valence-electron chi connectivity index (χ1n) is 9.74. The lowest BCUT2D eigenvalue weighted by Crippen LogP contribution is -2.55. The number of aromatic nitrogens is 3. The predicted octanol–water partition coefficient (Wildman–Crippen LogP) is 1.87. The third-order valence-electron chi connectivity index (χ3n) is 6.50. The maximum Gasteiger partial charge on any atom is 0.255 e. The number of fused-ring (bicyclic) bond motifs is 3. The van der Waals surface area contributed by atoms with E-state index in [2.05, 4.69) is 26.9 Å². The van der Waals surface area contributed by atoms with Crippen LogP contribution < -0.4 is 5.56 Å². The summed E-state index contributed by atoms with van der Waals surface area (Å²) in [5.74, 6) is -0.0250. The van der Waals surface area contributed by atoms with Crippen LogP contribution in [0.25, 0.3) is 10.8 Å². The van der Waals surface area contributed by atoms with Crippen LogP contribution in [0.15, 0.2) is 41.6 Å².